The van der Waals surface area contributed by atoms with Crippen molar-refractivity contribution in [1.82, 2.24) is 0 Å². The van der Waals surface area contributed by atoms with Crippen LogP contribution in [0.1, 0.15) is 15.9 Å². The predicted molar refractivity (Wildman–Crippen MR) is 92.5 cm³/mol. The number of hydrogen-bond acceptors (Lipinski definition) is 2. The molecule has 7 heteroatoms. The average molecular weight is 371 g/mol. The van der Waals surface area contributed by atoms with Gasteiger partial charge < -0.3 is 10.4 Å². The van der Waals surface area contributed by atoms with Gasteiger partial charge in [0.1, 0.15) is 0 Å². The number of carboxylic acid groups (broad SMARTS) is 1. The van der Waals surface area contributed by atoms with Crippen molar-refractivity contribution in [3.05, 3.63) is 68.7 Å². The predicted octanol–water partition coefficient (Wildman–Crippen LogP) is 5.00. The Kier molecular flexibility index (Phi) is 5.66. The molecule has 0 saturated carbocycles. The van der Waals surface area contributed by atoms with E-state index in [1.807, 2.05) is 0 Å². The van der Waals surface area contributed by atoms with Crippen molar-refractivity contribution >= 4 is 58.4 Å². The van der Waals surface area contributed by atoms with Gasteiger partial charge in [0.15, 0.2) is 0 Å². The minimum Gasteiger partial charge on any atom is -0.478 e. The van der Waals surface area contributed by atoms with Gasteiger partial charge in [0.2, 0.25) is 5.91 Å². The second-order valence-corrected chi connectivity index (χ2v) is 5.74. The Bertz CT molecular complexity index is 803. The van der Waals surface area contributed by atoms with E-state index in [1.54, 1.807) is 18.2 Å². The number of rotatable bonds is 4. The molecule has 0 aliphatic heterocycles. The number of nitrogens with one attached hydrogen (secondary N) is 1. The van der Waals surface area contributed by atoms with Crippen LogP contribution < -0.4 is 5.32 Å². The lowest BCUT2D eigenvalue weighted by Gasteiger charge is -2.07. The van der Waals surface area contributed by atoms with Gasteiger partial charge in [0.05, 0.1) is 21.3 Å². The van der Waals surface area contributed by atoms with E-state index >= 15 is 0 Å². The number of carbonyl (C=O) groups excluding carboxylic acids is 1. The maximum atomic E-state index is 11.9. The number of aromatic carboxylic acids is 1. The molecule has 0 heterocycles. The molecule has 1 amide bonds. The van der Waals surface area contributed by atoms with Crippen LogP contribution in [0.4, 0.5) is 5.69 Å². The first-order valence-electron chi connectivity index (χ1n) is 6.34. The Morgan fingerprint density at radius 2 is 1.74 bits per heavy atom. The van der Waals surface area contributed by atoms with Crippen LogP contribution in [0.25, 0.3) is 6.08 Å². The van der Waals surface area contributed by atoms with Crippen LogP contribution in [0.15, 0.2) is 42.5 Å². The third-order valence-corrected chi connectivity index (χ3v) is 3.81. The summed E-state index contributed by atoms with van der Waals surface area (Å²) in [5, 5.41) is 12.7. The average Bonchev–Trinajstić information content (AvgIpc) is 2.50. The fourth-order valence-electron chi connectivity index (χ4n) is 1.76. The summed E-state index contributed by atoms with van der Waals surface area (Å²) < 4.78 is 0. The molecule has 0 aromatic heterocycles. The molecule has 0 aliphatic carbocycles. The molecule has 0 spiro atoms. The highest BCUT2D eigenvalue weighted by molar-refractivity contribution is 6.42. The number of carboxylic acids is 1. The van der Waals surface area contributed by atoms with Crippen LogP contribution in [-0.2, 0) is 4.79 Å². The minimum atomic E-state index is -1.18. The van der Waals surface area contributed by atoms with Crippen LogP contribution in [0.3, 0.4) is 0 Å². The number of halogens is 3. The lowest BCUT2D eigenvalue weighted by molar-refractivity contribution is -0.111. The van der Waals surface area contributed by atoms with Gasteiger partial charge >= 0.3 is 5.97 Å². The molecule has 4 nitrogen and oxygen atoms in total. The van der Waals surface area contributed by atoms with Crippen molar-refractivity contribution < 1.29 is 14.7 Å². The molecule has 0 radical (unpaired) electrons. The number of anilines is 1. The lowest BCUT2D eigenvalue weighted by atomic mass is 10.1. The van der Waals surface area contributed by atoms with Crippen molar-refractivity contribution in [2.45, 2.75) is 0 Å². The normalized spacial score (nSPS) is 10.7. The topological polar surface area (TPSA) is 66.4 Å². The third kappa shape index (κ3) is 4.73. The molecule has 2 aromatic carbocycles. The Balaban J connectivity index is 2.15. The van der Waals surface area contributed by atoms with E-state index in [0.717, 1.165) is 0 Å². The van der Waals surface area contributed by atoms with Crippen LogP contribution in [-0.4, -0.2) is 17.0 Å². The van der Waals surface area contributed by atoms with Crippen molar-refractivity contribution in [3.63, 3.8) is 0 Å². The highest BCUT2D eigenvalue weighted by atomic mass is 35.5. The highest BCUT2D eigenvalue weighted by Crippen LogP contribution is 2.23. The second-order valence-electron chi connectivity index (χ2n) is 4.49. The summed E-state index contributed by atoms with van der Waals surface area (Å²) >= 11 is 17.4. The first-order valence-corrected chi connectivity index (χ1v) is 7.47. The standard InChI is InChI=1S/C16H10Cl3NO3/c17-10-3-5-14(11(8-10)16(22)23)20-15(21)6-2-9-1-4-12(18)13(19)7-9/h1-8H,(H,20,21)(H,22,23)/b6-2+. The van der Waals surface area contributed by atoms with Gasteiger partial charge in [0, 0.05) is 11.1 Å². The fourth-order valence-corrected chi connectivity index (χ4v) is 2.24. The number of amides is 1. The first-order chi connectivity index (χ1) is 10.9. The van der Waals surface area contributed by atoms with E-state index in [-0.39, 0.29) is 16.3 Å². The summed E-state index contributed by atoms with van der Waals surface area (Å²) in [6, 6.07) is 9.11. The van der Waals surface area contributed by atoms with E-state index in [2.05, 4.69) is 5.32 Å². The maximum Gasteiger partial charge on any atom is 0.337 e. The molecule has 118 valence electrons. The van der Waals surface area contributed by atoms with Gasteiger partial charge in [0.25, 0.3) is 0 Å². The quantitative estimate of drug-likeness (QED) is 0.745. The molecule has 0 atom stereocenters. The monoisotopic (exact) mass is 369 g/mol. The second kappa shape index (κ2) is 7.51. The highest BCUT2D eigenvalue weighted by Gasteiger charge is 2.12. The lowest BCUT2D eigenvalue weighted by Crippen LogP contribution is -2.12. The molecule has 0 aliphatic rings. The summed E-state index contributed by atoms with van der Waals surface area (Å²) in [5.74, 6) is -1.67. The Hall–Kier alpha value is -2.01. The van der Waals surface area contributed by atoms with Gasteiger partial charge in [-0.1, -0.05) is 40.9 Å². The molecular formula is C16H10Cl3NO3. The summed E-state index contributed by atoms with van der Waals surface area (Å²) in [4.78, 5) is 23.1. The molecular weight excluding hydrogens is 361 g/mol. The van der Waals surface area contributed by atoms with Crippen molar-refractivity contribution in [2.75, 3.05) is 5.32 Å². The van der Waals surface area contributed by atoms with Gasteiger partial charge in [-0.05, 0) is 42.0 Å². The molecule has 2 rings (SSSR count). The molecule has 0 unspecified atom stereocenters. The molecule has 2 aromatic rings. The van der Waals surface area contributed by atoms with Crippen LogP contribution in [0.5, 0.6) is 0 Å². The molecule has 0 bridgehead atoms. The summed E-state index contributed by atoms with van der Waals surface area (Å²) in [6.45, 7) is 0. The van der Waals surface area contributed by atoms with Crippen molar-refractivity contribution in [1.29, 1.82) is 0 Å². The van der Waals surface area contributed by atoms with E-state index < -0.39 is 11.9 Å². The molecule has 2 N–H and O–H groups in total. The van der Waals surface area contributed by atoms with E-state index in [9.17, 15) is 9.59 Å². The van der Waals surface area contributed by atoms with Crippen molar-refractivity contribution in [2.24, 2.45) is 0 Å². The zero-order chi connectivity index (χ0) is 17.0. The van der Waals surface area contributed by atoms with Crippen LogP contribution in [0.2, 0.25) is 15.1 Å². The summed E-state index contributed by atoms with van der Waals surface area (Å²) in [7, 11) is 0. The summed E-state index contributed by atoms with van der Waals surface area (Å²) in [6.07, 6.45) is 2.80. The largest absolute Gasteiger partial charge is 0.478 e. The zero-order valence-corrected chi connectivity index (χ0v) is 13.8. The maximum absolute atomic E-state index is 11.9. The Labute approximate surface area is 147 Å². The SMILES string of the molecule is O=C(/C=C/c1ccc(Cl)c(Cl)c1)Nc1ccc(Cl)cc1C(=O)O. The van der Waals surface area contributed by atoms with E-state index in [4.69, 9.17) is 39.9 Å². The van der Waals surface area contributed by atoms with E-state index in [0.29, 0.717) is 15.6 Å². The van der Waals surface area contributed by atoms with Crippen molar-refractivity contribution in [3.8, 4) is 0 Å². The molecule has 0 fully saturated rings. The smallest absolute Gasteiger partial charge is 0.337 e. The van der Waals surface area contributed by atoms with Gasteiger partial charge in [-0.3, -0.25) is 4.79 Å². The number of hydrogen-bond donors (Lipinski definition) is 2. The number of carbonyl (C=O) groups is 2. The molecule has 0 saturated heterocycles. The zero-order valence-electron chi connectivity index (χ0n) is 11.5. The van der Waals surface area contributed by atoms with Gasteiger partial charge in [-0.25, -0.2) is 4.79 Å². The Morgan fingerprint density at radius 1 is 1.00 bits per heavy atom. The van der Waals surface area contributed by atoms with Crippen LogP contribution >= 0.6 is 34.8 Å². The minimum absolute atomic E-state index is 0.0891. The summed E-state index contributed by atoms with van der Waals surface area (Å²) in [5.41, 5.74) is 0.753. The number of benzene rings is 2. The van der Waals surface area contributed by atoms with E-state index in [1.165, 1.54) is 30.4 Å². The van der Waals surface area contributed by atoms with Gasteiger partial charge in [-0.15, -0.1) is 0 Å². The first kappa shape index (κ1) is 17.3. The Morgan fingerprint density at radius 3 is 2.39 bits per heavy atom. The van der Waals surface area contributed by atoms with Crippen LogP contribution in [0, 0.1) is 0 Å². The third-order valence-electron chi connectivity index (χ3n) is 2.84. The molecule has 23 heavy (non-hydrogen) atoms. The van der Waals surface area contributed by atoms with Gasteiger partial charge in [-0.2, -0.15) is 0 Å². The fraction of sp³-hybridized carbons (Fsp3) is 0.